The second-order valence-corrected chi connectivity index (χ2v) is 6.01. The average Bonchev–Trinajstić information content (AvgIpc) is 3.33. The minimum absolute atomic E-state index is 0.0227. The number of likely N-dealkylation sites (tertiary alicyclic amines) is 1. The normalized spacial score (nSPS) is 17.6. The third-order valence-corrected chi connectivity index (χ3v) is 4.35. The molecule has 1 amide bonds. The zero-order valence-corrected chi connectivity index (χ0v) is 13.6. The highest BCUT2D eigenvalue weighted by Crippen LogP contribution is 2.28. The number of hydrogen-bond acceptors (Lipinski definition) is 5. The largest absolute Gasteiger partial charge is 0.339 e. The SMILES string of the molecule is Cc1noc([C@@H]2CCN(C(=O)c3cnn(C)c3-n3cccc3)C2)n1. The van der Waals surface area contributed by atoms with Crippen LogP contribution in [-0.4, -0.2) is 48.4 Å². The van der Waals surface area contributed by atoms with Crippen molar-refractivity contribution in [3.63, 3.8) is 0 Å². The van der Waals surface area contributed by atoms with Crippen molar-refractivity contribution in [3.05, 3.63) is 48.0 Å². The Kier molecular flexibility index (Phi) is 3.44. The first kappa shape index (κ1) is 14.7. The van der Waals surface area contributed by atoms with Crippen LogP contribution in [-0.2, 0) is 7.05 Å². The first-order chi connectivity index (χ1) is 11.6. The second-order valence-electron chi connectivity index (χ2n) is 6.01. The lowest BCUT2D eigenvalue weighted by atomic mass is 10.1. The van der Waals surface area contributed by atoms with Crippen LogP contribution in [0.5, 0.6) is 0 Å². The van der Waals surface area contributed by atoms with E-state index in [-0.39, 0.29) is 11.8 Å². The number of carbonyl (C=O) groups excluding carboxylic acids is 1. The summed E-state index contributed by atoms with van der Waals surface area (Å²) in [4.78, 5) is 19.1. The van der Waals surface area contributed by atoms with Crippen LogP contribution in [0.2, 0.25) is 0 Å². The maximum atomic E-state index is 13.0. The molecule has 8 heteroatoms. The lowest BCUT2D eigenvalue weighted by molar-refractivity contribution is 0.0789. The van der Waals surface area contributed by atoms with Gasteiger partial charge in [0.1, 0.15) is 11.4 Å². The molecule has 1 atom stereocenters. The molecule has 0 saturated carbocycles. The van der Waals surface area contributed by atoms with Gasteiger partial charge in [0.05, 0.1) is 12.1 Å². The quantitative estimate of drug-likeness (QED) is 0.729. The first-order valence-electron chi connectivity index (χ1n) is 7.88. The molecule has 3 aromatic rings. The molecule has 4 rings (SSSR count). The van der Waals surface area contributed by atoms with Crippen molar-refractivity contribution < 1.29 is 9.32 Å². The minimum atomic E-state index is -0.0227. The highest BCUT2D eigenvalue weighted by Gasteiger charge is 2.33. The summed E-state index contributed by atoms with van der Waals surface area (Å²) in [6.45, 7) is 3.05. The Hall–Kier alpha value is -2.90. The van der Waals surface area contributed by atoms with Crippen molar-refractivity contribution in [1.82, 2.24) is 29.4 Å². The number of aromatic nitrogens is 5. The summed E-state index contributed by atoms with van der Waals surface area (Å²) in [5.41, 5.74) is 0.594. The van der Waals surface area contributed by atoms with E-state index in [9.17, 15) is 4.79 Å². The van der Waals surface area contributed by atoms with Gasteiger partial charge in [0, 0.05) is 32.5 Å². The van der Waals surface area contributed by atoms with Crippen LogP contribution in [0, 0.1) is 6.92 Å². The second kappa shape index (κ2) is 5.63. The number of nitrogens with zero attached hydrogens (tertiary/aromatic N) is 6. The highest BCUT2D eigenvalue weighted by molar-refractivity contribution is 5.97. The zero-order chi connectivity index (χ0) is 16.7. The smallest absolute Gasteiger partial charge is 0.259 e. The van der Waals surface area contributed by atoms with Crippen LogP contribution in [0.15, 0.2) is 35.2 Å². The Labute approximate surface area is 138 Å². The van der Waals surface area contributed by atoms with Crippen molar-refractivity contribution in [1.29, 1.82) is 0 Å². The van der Waals surface area contributed by atoms with E-state index < -0.39 is 0 Å². The molecule has 0 aromatic carbocycles. The van der Waals surface area contributed by atoms with Gasteiger partial charge in [-0.15, -0.1) is 0 Å². The summed E-state index contributed by atoms with van der Waals surface area (Å²) < 4.78 is 8.86. The molecule has 0 N–H and O–H groups in total. The summed E-state index contributed by atoms with van der Waals surface area (Å²) in [5.74, 6) is 2.08. The van der Waals surface area contributed by atoms with Gasteiger partial charge in [-0.3, -0.25) is 9.48 Å². The molecule has 1 aliphatic heterocycles. The Morgan fingerprint density at radius 2 is 2.12 bits per heavy atom. The Morgan fingerprint density at radius 3 is 2.83 bits per heavy atom. The van der Waals surface area contributed by atoms with Gasteiger partial charge in [0.2, 0.25) is 5.89 Å². The van der Waals surface area contributed by atoms with Crippen LogP contribution in [0.1, 0.15) is 34.4 Å². The maximum Gasteiger partial charge on any atom is 0.259 e. The van der Waals surface area contributed by atoms with E-state index >= 15 is 0 Å². The molecule has 0 bridgehead atoms. The molecule has 1 fully saturated rings. The molecular formula is C16H18N6O2. The van der Waals surface area contributed by atoms with Crippen LogP contribution in [0.3, 0.4) is 0 Å². The molecular weight excluding hydrogens is 308 g/mol. The van der Waals surface area contributed by atoms with E-state index in [2.05, 4.69) is 15.2 Å². The number of rotatable bonds is 3. The molecule has 0 aliphatic carbocycles. The van der Waals surface area contributed by atoms with Crippen molar-refractivity contribution in [2.45, 2.75) is 19.3 Å². The summed E-state index contributed by atoms with van der Waals surface area (Å²) >= 11 is 0. The Balaban J connectivity index is 1.57. The van der Waals surface area contributed by atoms with Crippen LogP contribution < -0.4 is 0 Å². The number of hydrogen-bond donors (Lipinski definition) is 0. The molecule has 0 spiro atoms. The van der Waals surface area contributed by atoms with Gasteiger partial charge < -0.3 is 14.0 Å². The highest BCUT2D eigenvalue weighted by atomic mass is 16.5. The molecule has 4 heterocycles. The van der Waals surface area contributed by atoms with Gasteiger partial charge in [-0.1, -0.05) is 5.16 Å². The number of carbonyl (C=O) groups is 1. The third kappa shape index (κ3) is 2.40. The molecule has 8 nitrogen and oxygen atoms in total. The fourth-order valence-corrected chi connectivity index (χ4v) is 3.16. The molecule has 1 aliphatic rings. The predicted molar refractivity (Wildman–Crippen MR) is 84.8 cm³/mol. The predicted octanol–water partition coefficient (Wildman–Crippen LogP) is 1.53. The summed E-state index contributed by atoms with van der Waals surface area (Å²) in [7, 11) is 1.83. The number of amides is 1. The molecule has 0 radical (unpaired) electrons. The van der Waals surface area contributed by atoms with Crippen LogP contribution in [0.4, 0.5) is 0 Å². The van der Waals surface area contributed by atoms with Gasteiger partial charge in [0.25, 0.3) is 5.91 Å². The van der Waals surface area contributed by atoms with Crippen LogP contribution >= 0.6 is 0 Å². The fourth-order valence-electron chi connectivity index (χ4n) is 3.16. The van der Waals surface area contributed by atoms with Crippen molar-refractivity contribution in [3.8, 4) is 5.82 Å². The third-order valence-electron chi connectivity index (χ3n) is 4.35. The van der Waals surface area contributed by atoms with Crippen LogP contribution in [0.25, 0.3) is 5.82 Å². The van der Waals surface area contributed by atoms with Gasteiger partial charge in [-0.05, 0) is 25.5 Å². The Morgan fingerprint density at radius 1 is 1.33 bits per heavy atom. The van der Waals surface area contributed by atoms with Crippen molar-refractivity contribution in [2.75, 3.05) is 13.1 Å². The van der Waals surface area contributed by atoms with E-state index in [1.807, 2.05) is 41.0 Å². The van der Waals surface area contributed by atoms with Crippen molar-refractivity contribution >= 4 is 5.91 Å². The van der Waals surface area contributed by atoms with Gasteiger partial charge in [0.15, 0.2) is 5.82 Å². The minimum Gasteiger partial charge on any atom is -0.339 e. The Bertz CT molecular complexity index is 863. The van der Waals surface area contributed by atoms with Gasteiger partial charge in [-0.25, -0.2) is 0 Å². The maximum absolute atomic E-state index is 13.0. The molecule has 124 valence electrons. The lowest BCUT2D eigenvalue weighted by Gasteiger charge is -2.16. The average molecular weight is 326 g/mol. The molecule has 3 aromatic heterocycles. The molecule has 1 saturated heterocycles. The topological polar surface area (TPSA) is 82.0 Å². The zero-order valence-electron chi connectivity index (χ0n) is 13.6. The monoisotopic (exact) mass is 326 g/mol. The first-order valence-corrected chi connectivity index (χ1v) is 7.88. The molecule has 24 heavy (non-hydrogen) atoms. The van der Waals surface area contributed by atoms with E-state index in [0.717, 1.165) is 12.2 Å². The lowest BCUT2D eigenvalue weighted by Crippen LogP contribution is -2.29. The standard InChI is InChI=1S/C16H18N6O2/c1-11-18-14(24-19-11)12-5-8-22(10-12)16(23)13-9-17-20(2)15(13)21-6-3-4-7-21/h3-4,6-7,9,12H,5,8,10H2,1-2H3/t12-/m1/s1. The van der Waals surface area contributed by atoms with E-state index in [1.165, 1.54) is 0 Å². The van der Waals surface area contributed by atoms with E-state index in [4.69, 9.17) is 4.52 Å². The van der Waals surface area contributed by atoms with E-state index in [0.29, 0.717) is 30.4 Å². The van der Waals surface area contributed by atoms with Gasteiger partial charge >= 0.3 is 0 Å². The van der Waals surface area contributed by atoms with Crippen molar-refractivity contribution in [2.24, 2.45) is 7.05 Å². The summed E-state index contributed by atoms with van der Waals surface area (Å²) in [5, 5.41) is 8.09. The van der Waals surface area contributed by atoms with E-state index in [1.54, 1.807) is 17.8 Å². The van der Waals surface area contributed by atoms with Gasteiger partial charge in [-0.2, -0.15) is 10.1 Å². The summed E-state index contributed by atoms with van der Waals surface area (Å²) in [6, 6.07) is 3.84. The summed E-state index contributed by atoms with van der Waals surface area (Å²) in [6.07, 6.45) is 6.26. The number of aryl methyl sites for hydroxylation is 2. The molecule has 0 unspecified atom stereocenters. The fraction of sp³-hybridized carbons (Fsp3) is 0.375.